The molecule has 0 aromatic rings. The van der Waals surface area contributed by atoms with Crippen molar-refractivity contribution in [2.45, 2.75) is 307 Å². The molecule has 404 valence electrons. The molecule has 12 N–H and O–H groups in total. The Hall–Kier alpha value is -1.03. The molecule has 0 radical (unpaired) electrons. The van der Waals surface area contributed by atoms with Crippen molar-refractivity contribution < 1.29 is 48.8 Å². The van der Waals surface area contributed by atoms with Crippen LogP contribution in [0.3, 0.4) is 0 Å². The summed E-state index contributed by atoms with van der Waals surface area (Å²) in [6.07, 6.45) is 40.6. The average Bonchev–Trinajstić information content (AvgIpc) is 3.32. The number of phosphoric ester groups is 1. The van der Waals surface area contributed by atoms with Crippen LogP contribution in [0.25, 0.3) is 0 Å². The molecular weight excluding hydrogens is 882 g/mol. The summed E-state index contributed by atoms with van der Waals surface area (Å²) in [7, 11) is -5.24. The highest BCUT2D eigenvalue weighted by Crippen LogP contribution is 2.53. The maximum Gasteiger partial charge on any atom is 0.481 e. The summed E-state index contributed by atoms with van der Waals surface area (Å²) >= 11 is 0. The molecule has 13 nitrogen and oxygen atoms in total. The lowest BCUT2D eigenvalue weighted by atomic mass is 10.0. The van der Waals surface area contributed by atoms with Gasteiger partial charge in [0.25, 0.3) is 0 Å². The number of hydrogen-bond donors (Lipinski definition) is 9. The monoisotopic (exact) mass is 990 g/mol. The average molecular weight is 990 g/mol. The van der Waals surface area contributed by atoms with Crippen LogP contribution in [0, 0.1) is 0 Å². The summed E-state index contributed by atoms with van der Waals surface area (Å²) in [5.41, 5.74) is 18.3. The molecule has 0 aliphatic heterocycles. The lowest BCUT2D eigenvalue weighted by molar-refractivity contribution is -0.145. The van der Waals surface area contributed by atoms with Crippen LogP contribution in [-0.4, -0.2) is 85.9 Å². The minimum absolute atomic E-state index is 0.683. The van der Waals surface area contributed by atoms with Gasteiger partial charge in [0, 0.05) is 0 Å². The van der Waals surface area contributed by atoms with Crippen LogP contribution in [0.2, 0.25) is 0 Å². The molecule has 68 heavy (non-hydrogen) atoms. The Kier molecular flexibility index (Phi) is 46.3. The van der Waals surface area contributed by atoms with Gasteiger partial charge in [-0.05, 0) is 38.5 Å². The Morgan fingerprint density at radius 2 is 0.515 bits per heavy atom. The van der Waals surface area contributed by atoms with E-state index in [0.29, 0.717) is 19.3 Å². The van der Waals surface area contributed by atoms with Crippen molar-refractivity contribution in [1.29, 1.82) is 0 Å². The molecule has 0 aliphatic rings. The zero-order chi connectivity index (χ0) is 50.5. The van der Waals surface area contributed by atoms with E-state index in [0.717, 1.165) is 57.8 Å². The van der Waals surface area contributed by atoms with Crippen molar-refractivity contribution in [3.8, 4) is 0 Å². The molecule has 0 saturated heterocycles. The fourth-order valence-corrected chi connectivity index (χ4v) is 9.42. The second kappa shape index (κ2) is 47.0. The summed E-state index contributed by atoms with van der Waals surface area (Å²) in [6.45, 7) is 6.68. The number of allylic oxidation sites excluding steroid dienone is 3. The summed E-state index contributed by atoms with van der Waals surface area (Å²) in [4.78, 5) is 0. The zero-order valence-corrected chi connectivity index (χ0v) is 44.5. The smallest absolute Gasteiger partial charge is 0.387 e. The Labute approximate surface area is 416 Å². The first-order chi connectivity index (χ1) is 32.8. The van der Waals surface area contributed by atoms with Crippen LogP contribution < -0.4 is 17.2 Å². The SMILES string of the molecule is CCCCCCCCCCCCC/C=C/[C@@H](O)[C@H](N)C(O)OP(=O)(OC(O)[C@@H](N)[C@H](O)/C=C/CCCCCCCCCCCCC)OC(O)[C@@H](N)[C@H](O)/C=C/CCCCCCCCCCCCC. The molecule has 14 heteroatoms. The van der Waals surface area contributed by atoms with Crippen molar-refractivity contribution in [2.24, 2.45) is 17.2 Å². The maximum atomic E-state index is 14.1. The van der Waals surface area contributed by atoms with Gasteiger partial charge in [0.05, 0.1) is 36.4 Å². The summed E-state index contributed by atoms with van der Waals surface area (Å²) in [5.74, 6) is 0. The molecule has 0 amide bonds. The number of rotatable bonds is 51. The van der Waals surface area contributed by atoms with E-state index in [1.54, 1.807) is 18.2 Å². The zero-order valence-electron chi connectivity index (χ0n) is 43.6. The Morgan fingerprint density at radius 1 is 0.338 bits per heavy atom. The van der Waals surface area contributed by atoms with E-state index in [1.807, 2.05) is 0 Å². The molecule has 0 spiro atoms. The summed E-state index contributed by atoms with van der Waals surface area (Å²) < 4.78 is 29.7. The van der Waals surface area contributed by atoms with Gasteiger partial charge in [0.15, 0.2) is 18.9 Å². The van der Waals surface area contributed by atoms with Crippen molar-refractivity contribution in [2.75, 3.05) is 0 Å². The number of unbranched alkanes of at least 4 members (excludes halogenated alkanes) is 33. The molecule has 9 atom stereocenters. The second-order valence-electron chi connectivity index (χ2n) is 19.4. The van der Waals surface area contributed by atoms with Crippen LogP contribution in [0.15, 0.2) is 36.5 Å². The van der Waals surface area contributed by atoms with E-state index in [-0.39, 0.29) is 0 Å². The van der Waals surface area contributed by atoms with Gasteiger partial charge < -0.3 is 47.8 Å². The minimum atomic E-state index is -5.24. The molecule has 0 aromatic carbocycles. The largest absolute Gasteiger partial charge is 0.481 e. The van der Waals surface area contributed by atoms with Crippen molar-refractivity contribution >= 4 is 7.82 Å². The van der Waals surface area contributed by atoms with E-state index >= 15 is 0 Å². The first kappa shape index (κ1) is 67.0. The van der Waals surface area contributed by atoms with E-state index in [1.165, 1.54) is 172 Å². The number of nitrogens with two attached hydrogens (primary N) is 3. The molecular formula is C54H108N3O10P. The first-order valence-corrected chi connectivity index (χ1v) is 29.3. The van der Waals surface area contributed by atoms with Crippen LogP contribution in [0.4, 0.5) is 0 Å². The molecule has 0 heterocycles. The van der Waals surface area contributed by atoms with Crippen molar-refractivity contribution in [3.05, 3.63) is 36.5 Å². The van der Waals surface area contributed by atoms with Crippen molar-refractivity contribution in [3.63, 3.8) is 0 Å². The third-order valence-corrected chi connectivity index (χ3v) is 14.2. The third kappa shape index (κ3) is 38.6. The van der Waals surface area contributed by atoms with Crippen LogP contribution in [0.5, 0.6) is 0 Å². The highest BCUT2D eigenvalue weighted by Gasteiger charge is 2.42. The summed E-state index contributed by atoms with van der Waals surface area (Å²) in [5, 5.41) is 64.9. The van der Waals surface area contributed by atoms with Gasteiger partial charge in [-0.25, -0.2) is 4.57 Å². The van der Waals surface area contributed by atoms with E-state index in [2.05, 4.69) is 20.8 Å². The lowest BCUT2D eigenvalue weighted by Gasteiger charge is -2.31. The van der Waals surface area contributed by atoms with E-state index < -0.39 is 63.1 Å². The lowest BCUT2D eigenvalue weighted by Crippen LogP contribution is -2.48. The quantitative estimate of drug-likeness (QED) is 0.0119. The Balaban J connectivity index is 5.29. The van der Waals surface area contributed by atoms with Gasteiger partial charge in [0.2, 0.25) is 0 Å². The number of aliphatic hydroxyl groups excluding tert-OH is 6. The van der Waals surface area contributed by atoms with Crippen LogP contribution in [0.1, 0.15) is 252 Å². The Bertz CT molecular complexity index is 1090. The second-order valence-corrected chi connectivity index (χ2v) is 20.9. The highest BCUT2D eigenvalue weighted by atomic mass is 31.2. The first-order valence-electron chi connectivity index (χ1n) is 27.8. The van der Waals surface area contributed by atoms with E-state index in [9.17, 15) is 35.2 Å². The van der Waals surface area contributed by atoms with Gasteiger partial charge in [-0.1, -0.05) is 250 Å². The minimum Gasteiger partial charge on any atom is -0.387 e. The number of phosphoric acid groups is 1. The number of aliphatic hydroxyl groups is 6. The molecule has 3 unspecified atom stereocenters. The standard InChI is InChI=1S/C54H108N3O10P/c1-4-7-10-13-16-19-22-25-28-31-34-37-40-43-46(58)49(55)52(61)65-68(64,66-53(62)50(56)47(59)44-41-38-35-32-29-26-23-20-17-14-11-8-5-2)67-54(63)51(57)48(60)45-42-39-36-33-30-27-24-21-18-15-12-9-6-3/h40-54,58-63H,4-39,55-57H2,1-3H3/b43-40+,44-41+,45-42+/t46-,47-,48-,49+,50+,51+,52?,53?,54?,68?/m1/s1. The highest BCUT2D eigenvalue weighted by molar-refractivity contribution is 7.48. The predicted octanol–water partition coefficient (Wildman–Crippen LogP) is 11.9. The normalized spacial score (nSPS) is 17.4. The maximum absolute atomic E-state index is 14.1. The van der Waals surface area contributed by atoms with Gasteiger partial charge in [-0.3, -0.25) is 13.6 Å². The molecule has 0 fully saturated rings. The number of hydrogen-bond acceptors (Lipinski definition) is 13. The fraction of sp³-hybridized carbons (Fsp3) is 0.889. The molecule has 0 saturated carbocycles. The molecule has 0 bridgehead atoms. The van der Waals surface area contributed by atoms with Gasteiger partial charge >= 0.3 is 7.82 Å². The molecule has 0 rings (SSSR count). The topological polar surface area (TPSA) is 244 Å². The van der Waals surface area contributed by atoms with E-state index in [4.69, 9.17) is 30.8 Å². The van der Waals surface area contributed by atoms with Crippen LogP contribution >= 0.6 is 7.82 Å². The molecule has 0 aromatic heterocycles. The fourth-order valence-electron chi connectivity index (χ4n) is 8.06. The van der Waals surface area contributed by atoms with Gasteiger partial charge in [-0.2, -0.15) is 0 Å². The third-order valence-electron chi connectivity index (χ3n) is 12.8. The molecule has 0 aliphatic carbocycles. The predicted molar refractivity (Wildman–Crippen MR) is 281 cm³/mol. The van der Waals surface area contributed by atoms with Crippen molar-refractivity contribution in [1.82, 2.24) is 0 Å². The summed E-state index contributed by atoms with van der Waals surface area (Å²) in [6, 6.07) is -4.68. The Morgan fingerprint density at radius 3 is 0.706 bits per heavy atom. The van der Waals surface area contributed by atoms with Crippen LogP contribution in [-0.2, 0) is 18.1 Å². The van der Waals surface area contributed by atoms with Gasteiger partial charge in [0.1, 0.15) is 0 Å². The van der Waals surface area contributed by atoms with Gasteiger partial charge in [-0.15, -0.1) is 0 Å².